The quantitative estimate of drug-likeness (QED) is 0.0413. The molecule has 8 amide bonds. The van der Waals surface area contributed by atoms with Crippen LogP contribution in [0.1, 0.15) is 177 Å². The molecule has 1 aliphatic carbocycles. The second-order valence-corrected chi connectivity index (χ2v) is 37.1. The van der Waals surface area contributed by atoms with Crippen molar-refractivity contribution in [3.05, 3.63) is 367 Å². The number of halogens is 1. The molecule has 145 heavy (non-hydrogen) atoms. The number of nitrogens with zero attached hydrogens (tertiary/aromatic N) is 11. The van der Waals surface area contributed by atoms with Gasteiger partial charge in [0.15, 0.2) is 46.0 Å². The van der Waals surface area contributed by atoms with Gasteiger partial charge in [0.1, 0.15) is 5.82 Å². The maximum Gasteiger partial charge on any atom is 0.263 e. The van der Waals surface area contributed by atoms with E-state index in [0.717, 1.165) is 160 Å². The molecule has 746 valence electrons. The average Bonchev–Trinajstić information content (AvgIpc) is 1.62. The first kappa shape index (κ1) is 99.6. The van der Waals surface area contributed by atoms with E-state index in [9.17, 15) is 42.7 Å². The zero-order valence-corrected chi connectivity index (χ0v) is 83.3. The molecule has 12 aromatic carbocycles. The summed E-state index contributed by atoms with van der Waals surface area (Å²) in [6.45, 7) is 18.5. The predicted octanol–water partition coefficient (Wildman–Crippen LogP) is 17.8. The fourth-order valence-corrected chi connectivity index (χ4v) is 21.1. The van der Waals surface area contributed by atoms with Crippen molar-refractivity contribution < 1.29 is 80.6 Å². The van der Waals surface area contributed by atoms with E-state index < -0.39 is 0 Å². The smallest absolute Gasteiger partial charge is 0.263 e. The normalized spacial score (nSPS) is 16.9. The largest absolute Gasteiger partial charge is 0.493 e. The van der Waals surface area contributed by atoms with Gasteiger partial charge in [0.2, 0.25) is 0 Å². The molecule has 0 radical (unpaired) electrons. The van der Waals surface area contributed by atoms with E-state index in [4.69, 9.17) is 37.9 Å². The molecule has 28 heteroatoms. The molecule has 3 fully saturated rings. The number of fused-ring (bicyclic) bond motifs is 5. The summed E-state index contributed by atoms with van der Waals surface area (Å²) in [4.78, 5) is 129. The van der Waals surface area contributed by atoms with Crippen molar-refractivity contribution in [1.29, 1.82) is 0 Å². The number of rotatable bonds is 28. The summed E-state index contributed by atoms with van der Waals surface area (Å²) in [6.07, 6.45) is 5.33. The van der Waals surface area contributed by atoms with Gasteiger partial charge in [-0.1, -0.05) is 158 Å². The van der Waals surface area contributed by atoms with Crippen molar-refractivity contribution in [2.45, 2.75) is 84.5 Å². The van der Waals surface area contributed by atoms with Crippen LogP contribution < -0.4 is 52.6 Å². The first-order valence-electron chi connectivity index (χ1n) is 49.3. The Labute approximate surface area is 844 Å². The Hall–Kier alpha value is -15.5. The summed E-state index contributed by atoms with van der Waals surface area (Å²) in [6, 6.07) is 81.2. The molecule has 1 unspecified atom stereocenters. The lowest BCUT2D eigenvalue weighted by atomic mass is 9.92. The third-order valence-corrected chi connectivity index (χ3v) is 28.7. The molecule has 0 saturated carbocycles. The van der Waals surface area contributed by atoms with E-state index in [1.54, 1.807) is 116 Å². The maximum atomic E-state index is 13.6. The zero-order chi connectivity index (χ0) is 101. The van der Waals surface area contributed by atoms with Gasteiger partial charge in [-0.3, -0.25) is 77.6 Å². The highest BCUT2D eigenvalue weighted by atomic mass is 19.1. The molecule has 27 nitrogen and oxygen atoms in total. The number of benzene rings is 12. The SMILES string of the molecule is CCOc1ccc(CN2C(=O)c3cccc(N4CCN([C@H](C)c5ccccc5)CC4)c3C2=O)cc1OC.COc1ccc(CN2C(=O)c3cccc(C4=CCN(Cc5ccccc5)CC4)c3C2=O)cc1OC.COc1ccc(CN2C(=O)c3cccc(N4CCN(C5CCc6ccccc65)CC4)c3C2=O)cc1OC.COc1ccc(CN2C(=O)c3cccc(N4CCN(Cc5cccc(F)c5)CC4)c3C2=O)cc1OC. The Balaban J connectivity index is 0.000000127. The van der Waals surface area contributed by atoms with Crippen molar-refractivity contribution in [1.82, 2.24) is 39.2 Å². The number of anilines is 3. The average molecular weight is 1960 g/mol. The molecule has 21 rings (SSSR count). The van der Waals surface area contributed by atoms with E-state index in [1.165, 1.54) is 47.9 Å². The molecule has 0 aromatic heterocycles. The van der Waals surface area contributed by atoms with Crippen LogP contribution in [-0.2, 0) is 45.7 Å². The van der Waals surface area contributed by atoms with Crippen LogP contribution in [-0.4, -0.2) is 234 Å². The minimum atomic E-state index is -0.295. The van der Waals surface area contributed by atoms with Gasteiger partial charge in [-0.05, 0) is 197 Å². The minimum Gasteiger partial charge on any atom is -0.493 e. The number of methoxy groups -OCH3 is 7. The Kier molecular flexibility index (Phi) is 30.9. The first-order chi connectivity index (χ1) is 70.7. The standard InChI is InChI=1S/C30H31N3O4.C30H33N3O4.C29H28N2O4.C28H28FN3O4/c1-36-26-13-10-20(18-27(26)37-2)19-33-29(34)23-8-5-9-25(28(23)30(33)35)32-16-14-31(15-17-32)24-12-11-21-6-3-4-7-22(21)24;1-4-37-26-14-13-22(19-27(26)36-3)20-33-29(34)24-11-8-12-25(28(24)30(33)35)32-17-15-31(16-18-32)21(2)23-9-6-5-7-10-23;1-34-25-12-11-21(17-26(25)35-2)19-31-28(32)24-10-6-9-23(27(24)29(31)33)22-13-15-30(16-14-22)18-20-7-4-3-5-8-20;1-35-24-10-9-20(16-25(24)36-2)18-32-27(33)22-7-4-8-23(26(22)28(32)34)31-13-11-30(12-14-31)17-19-5-3-6-21(29)15-19/h3-10,13,18,24H,11-12,14-17,19H2,1-2H3;5-14,19,21H,4,15-18,20H2,1-3H3;3-13,17H,14-16,18-19H2,1-2H3;3-10,15-16H,11-14,17-18H2,1-2H3/t;21-;;/m.1../s1. The Morgan fingerprint density at radius 1 is 0.317 bits per heavy atom. The van der Waals surface area contributed by atoms with Crippen LogP contribution in [0.3, 0.4) is 0 Å². The number of ether oxygens (including phenoxy) is 8. The third kappa shape index (κ3) is 21.2. The van der Waals surface area contributed by atoms with E-state index in [-0.39, 0.29) is 79.3 Å². The second kappa shape index (κ2) is 45.0. The van der Waals surface area contributed by atoms with Gasteiger partial charge in [0, 0.05) is 117 Å². The summed E-state index contributed by atoms with van der Waals surface area (Å²) in [5.74, 6) is 2.38. The van der Waals surface area contributed by atoms with Crippen molar-refractivity contribution in [2.75, 3.05) is 163 Å². The van der Waals surface area contributed by atoms with Crippen molar-refractivity contribution in [3.8, 4) is 46.0 Å². The molecule has 0 spiro atoms. The number of aryl methyl sites for hydroxylation is 1. The zero-order valence-electron chi connectivity index (χ0n) is 83.3. The lowest BCUT2D eigenvalue weighted by Crippen LogP contribution is -2.47. The van der Waals surface area contributed by atoms with Crippen LogP contribution in [0.5, 0.6) is 46.0 Å². The van der Waals surface area contributed by atoms with Crippen molar-refractivity contribution in [2.24, 2.45) is 0 Å². The first-order valence-corrected chi connectivity index (χ1v) is 49.3. The number of imide groups is 4. The molecule has 12 aromatic rings. The number of carbonyl (C=O) groups is 8. The number of hydrogen-bond acceptors (Lipinski definition) is 23. The summed E-state index contributed by atoms with van der Waals surface area (Å²) >= 11 is 0. The van der Waals surface area contributed by atoms with E-state index in [2.05, 4.69) is 120 Å². The second-order valence-electron chi connectivity index (χ2n) is 37.1. The monoisotopic (exact) mass is 1950 g/mol. The van der Waals surface area contributed by atoms with Crippen molar-refractivity contribution >= 4 is 69.9 Å². The van der Waals surface area contributed by atoms with Gasteiger partial charge in [0.25, 0.3) is 47.3 Å². The van der Waals surface area contributed by atoms with Gasteiger partial charge >= 0.3 is 0 Å². The van der Waals surface area contributed by atoms with Crippen LogP contribution in [0.25, 0.3) is 5.57 Å². The lowest BCUT2D eigenvalue weighted by Gasteiger charge is -2.39. The molecule has 8 heterocycles. The van der Waals surface area contributed by atoms with E-state index >= 15 is 0 Å². The molecule has 8 aliphatic heterocycles. The summed E-state index contributed by atoms with van der Waals surface area (Å²) < 4.78 is 56.6. The highest BCUT2D eigenvalue weighted by molar-refractivity contribution is 6.26. The van der Waals surface area contributed by atoms with Crippen LogP contribution in [0.2, 0.25) is 0 Å². The van der Waals surface area contributed by atoms with E-state index in [0.29, 0.717) is 129 Å². The molecule has 0 N–H and O–H groups in total. The van der Waals surface area contributed by atoms with Crippen LogP contribution in [0, 0.1) is 5.82 Å². The fraction of sp³-hybridized carbons (Fsp3) is 0.299. The minimum absolute atomic E-state index is 0.146. The van der Waals surface area contributed by atoms with Crippen LogP contribution in [0.4, 0.5) is 21.5 Å². The molecule has 3 saturated heterocycles. The number of amides is 8. The molecular formula is C117H120FN11O16. The van der Waals surface area contributed by atoms with E-state index in [1.807, 2.05) is 116 Å². The van der Waals surface area contributed by atoms with Gasteiger partial charge < -0.3 is 52.6 Å². The number of piperazine rings is 3. The number of hydrogen-bond donors (Lipinski definition) is 0. The van der Waals surface area contributed by atoms with Gasteiger partial charge in [-0.25, -0.2) is 4.39 Å². The fourth-order valence-electron chi connectivity index (χ4n) is 21.1. The van der Waals surface area contributed by atoms with Crippen molar-refractivity contribution in [3.63, 3.8) is 0 Å². The van der Waals surface area contributed by atoms with Crippen LogP contribution in [0.15, 0.2) is 261 Å². The maximum absolute atomic E-state index is 13.6. The Bertz CT molecular complexity index is 6880. The highest BCUT2D eigenvalue weighted by Gasteiger charge is 2.45. The van der Waals surface area contributed by atoms with Crippen LogP contribution >= 0.6 is 0 Å². The third-order valence-electron chi connectivity index (χ3n) is 28.7. The molecule has 9 aliphatic rings. The van der Waals surface area contributed by atoms with Gasteiger partial charge in [-0.15, -0.1) is 0 Å². The lowest BCUT2D eigenvalue weighted by molar-refractivity contribution is 0.0627. The molecule has 0 bridgehead atoms. The summed E-state index contributed by atoms with van der Waals surface area (Å²) in [7, 11) is 11.0. The molecular weight excluding hydrogens is 1830 g/mol. The van der Waals surface area contributed by atoms with Gasteiger partial charge in [-0.2, -0.15) is 0 Å². The Morgan fingerprint density at radius 3 is 1.13 bits per heavy atom. The Morgan fingerprint density at radius 2 is 0.690 bits per heavy atom. The topological polar surface area (TPSA) is 246 Å². The van der Waals surface area contributed by atoms with Gasteiger partial charge in [0.05, 0.1) is 144 Å². The molecule has 2 atom stereocenters. The summed E-state index contributed by atoms with van der Waals surface area (Å²) in [5.41, 5.74) is 18.0. The predicted molar refractivity (Wildman–Crippen MR) is 554 cm³/mol. The number of carbonyl (C=O) groups excluding carboxylic acids is 8. The summed E-state index contributed by atoms with van der Waals surface area (Å²) in [5, 5.41) is 0. The highest BCUT2D eigenvalue weighted by Crippen LogP contribution is 2.44.